The van der Waals surface area contributed by atoms with E-state index in [1.165, 1.54) is 76.0 Å². The fourth-order valence-corrected chi connectivity index (χ4v) is 15.4. The number of nitrogens with zero attached hydrogens (tertiary/aromatic N) is 9. The van der Waals surface area contributed by atoms with Crippen LogP contribution in [0, 0.1) is 35.5 Å². The van der Waals surface area contributed by atoms with Crippen molar-refractivity contribution < 1.29 is 79.5 Å². The van der Waals surface area contributed by atoms with Crippen molar-refractivity contribution in [3.05, 3.63) is 0 Å². The van der Waals surface area contributed by atoms with Crippen LogP contribution in [0.4, 0.5) is 22.0 Å². The van der Waals surface area contributed by atoms with Crippen molar-refractivity contribution in [2.24, 2.45) is 35.5 Å². The summed E-state index contributed by atoms with van der Waals surface area (Å²) < 4.78 is 71.3. The summed E-state index contributed by atoms with van der Waals surface area (Å²) in [6.07, 6.45) is -1.82. The predicted molar refractivity (Wildman–Crippen MR) is 365 cm³/mol. The van der Waals surface area contributed by atoms with Gasteiger partial charge in [0.05, 0.1) is 32.0 Å². The van der Waals surface area contributed by atoms with Gasteiger partial charge < -0.3 is 60.0 Å². The Morgan fingerprint density at radius 2 is 1.18 bits per heavy atom. The molecule has 5 rings (SSSR count). The van der Waals surface area contributed by atoms with Gasteiger partial charge in [-0.05, 0) is 94.3 Å². The van der Waals surface area contributed by atoms with E-state index >= 15 is 14.4 Å². The van der Waals surface area contributed by atoms with Crippen molar-refractivity contribution in [2.45, 2.75) is 249 Å². The van der Waals surface area contributed by atoms with Crippen LogP contribution in [0.25, 0.3) is 0 Å². The number of carbonyl (C=O) groups is 12. The van der Waals surface area contributed by atoms with E-state index in [2.05, 4.69) is 16.0 Å². The van der Waals surface area contributed by atoms with Gasteiger partial charge in [-0.2, -0.15) is 13.2 Å². The van der Waals surface area contributed by atoms with Crippen molar-refractivity contribution in [3.8, 4) is 0 Å². The van der Waals surface area contributed by atoms with Crippen LogP contribution in [0.2, 0.25) is 0 Å². The molecule has 3 saturated carbocycles. The molecule has 100 heavy (non-hydrogen) atoms. The molecule has 12 amide bonds. The molecule has 3 aliphatic carbocycles. The maximum Gasteiger partial charge on any atom is 0.393 e. The monoisotopic (exact) mass is 1440 g/mol. The molecule has 5 aliphatic rings. The van der Waals surface area contributed by atoms with Gasteiger partial charge in [0.1, 0.15) is 41.8 Å². The number of carbonyl (C=O) groups excluding carboxylic acids is 12. The Morgan fingerprint density at radius 3 is 1.74 bits per heavy atom. The van der Waals surface area contributed by atoms with Crippen LogP contribution < -0.4 is 16.0 Å². The number of alkyl halides is 6. The molecular formula is C70H114ClF5N12O12. The summed E-state index contributed by atoms with van der Waals surface area (Å²) in [4.78, 5) is 187. The van der Waals surface area contributed by atoms with Crippen molar-refractivity contribution in [2.75, 3.05) is 89.1 Å². The van der Waals surface area contributed by atoms with Crippen LogP contribution in [0.3, 0.4) is 0 Å². The number of amides is 12. The predicted octanol–water partition coefficient (Wildman–Crippen LogP) is 6.05. The minimum absolute atomic E-state index is 0.0239. The SMILES string of the molecule is CC[C@H](C)[C@@H]1NC(=O)[C@H](CC(C)C)N(C)C(=O)C[C@@H](C)N(C)C(=O)[C@H](C(C)C)N(C)C(=O)C2(CCCC2)NC(=O)[C@H](CC(=O)N2CCC(F)(F)CC2)N(C)C(=O)[C@H](CCC2CCC(C(F)(F)F)C(Cl)C2)NC(=O)CN(C)C(=O)[C@H](CC2CCCCC2)N(C)C(=O)CN(C)C(=O)CN(C)C1=O. The second-order valence-electron chi connectivity index (χ2n) is 30.3. The quantitative estimate of drug-likeness (QED) is 0.149. The molecule has 11 atom stereocenters. The Labute approximate surface area is 592 Å². The summed E-state index contributed by atoms with van der Waals surface area (Å²) in [5.41, 5.74) is -1.75. The zero-order chi connectivity index (χ0) is 75.2. The first-order chi connectivity index (χ1) is 46.6. The van der Waals surface area contributed by atoms with Gasteiger partial charge >= 0.3 is 6.18 Å². The molecular weight excluding hydrogens is 1330 g/mol. The molecule has 0 radical (unpaired) electrons. The van der Waals surface area contributed by atoms with Crippen LogP contribution in [-0.2, 0) is 57.5 Å². The molecule has 0 aromatic carbocycles. The molecule has 24 nitrogen and oxygen atoms in total. The Bertz CT molecular complexity index is 2890. The van der Waals surface area contributed by atoms with Gasteiger partial charge in [0.2, 0.25) is 70.9 Å². The molecule has 0 bridgehead atoms. The maximum atomic E-state index is 15.4. The van der Waals surface area contributed by atoms with E-state index in [-0.39, 0.29) is 76.0 Å². The molecule has 30 heteroatoms. The first-order valence-electron chi connectivity index (χ1n) is 35.9. The highest BCUT2D eigenvalue weighted by atomic mass is 35.5. The summed E-state index contributed by atoms with van der Waals surface area (Å²) in [7, 11) is 11.0. The second kappa shape index (κ2) is 36.6. The van der Waals surface area contributed by atoms with Gasteiger partial charge in [-0.1, -0.05) is 92.9 Å². The molecule has 2 aliphatic heterocycles. The fourth-order valence-electron chi connectivity index (χ4n) is 14.8. The van der Waals surface area contributed by atoms with Gasteiger partial charge in [0.25, 0.3) is 5.92 Å². The summed E-state index contributed by atoms with van der Waals surface area (Å²) in [6, 6.07) is -8.92. The van der Waals surface area contributed by atoms with Crippen molar-refractivity contribution in [1.29, 1.82) is 0 Å². The van der Waals surface area contributed by atoms with Crippen molar-refractivity contribution in [1.82, 2.24) is 60.0 Å². The molecule has 3 N–H and O–H groups in total. The van der Waals surface area contributed by atoms with Crippen LogP contribution in [-0.4, -0.2) is 269 Å². The van der Waals surface area contributed by atoms with Gasteiger partial charge in [0.15, 0.2) is 0 Å². The third kappa shape index (κ3) is 22.3. The molecule has 568 valence electrons. The standard InChI is InChI=1S/C70H114ClF5N12O12/c1-16-44(6)59-65(98)82(10)40-57(92)80(8)41-58(93)85(13)53(37-46-22-18-17-19-23-46)64(97)81(9)39-54(89)77-50(27-25-47-24-26-48(49(71)36-47)70(74,75)76)63(96)86(14)52(38-56(91)88-32-30-69(72,73)31-33-88)62(95)79-68(28-20-21-29-68)67(100)87(15)60(43(4)5)66(99)83(11)45(7)35-55(90)84(12)51(34-42(2)3)61(94)78-59/h42-53,59-60H,16-41H2,1-15H3,(H,77,89)(H,78,94)(H,79,95)/t44-,45+,47?,48?,49?,50-,51-,52-,53-,59-,60-/m0/s1. The average molecular weight is 1450 g/mol. The Morgan fingerprint density at radius 1 is 0.600 bits per heavy atom. The zero-order valence-electron chi connectivity index (χ0n) is 61.7. The normalized spacial score (nSPS) is 29.1. The molecule has 5 fully saturated rings. The molecule has 1 spiro atoms. The lowest BCUT2D eigenvalue weighted by molar-refractivity contribution is -0.182. The van der Waals surface area contributed by atoms with Crippen LogP contribution in [0.15, 0.2) is 0 Å². The van der Waals surface area contributed by atoms with E-state index in [4.69, 9.17) is 11.6 Å². The van der Waals surface area contributed by atoms with Gasteiger partial charge in [-0.25, -0.2) is 8.78 Å². The topological polar surface area (TPSA) is 270 Å². The lowest BCUT2D eigenvalue weighted by atomic mass is 9.78. The Hall–Kier alpha value is -6.42. The number of hydrogen-bond donors (Lipinski definition) is 3. The zero-order valence-corrected chi connectivity index (χ0v) is 62.4. The van der Waals surface area contributed by atoms with E-state index in [1.54, 1.807) is 27.7 Å². The highest BCUT2D eigenvalue weighted by molar-refractivity contribution is 6.20. The first kappa shape index (κ1) is 84.2. The van der Waals surface area contributed by atoms with E-state index in [0.29, 0.717) is 19.3 Å². The minimum Gasteiger partial charge on any atom is -0.343 e. The lowest BCUT2D eigenvalue weighted by Crippen LogP contribution is -2.65. The molecule has 2 heterocycles. The van der Waals surface area contributed by atoms with E-state index in [0.717, 1.165) is 56.6 Å². The number of rotatable bonds is 12. The highest BCUT2D eigenvalue weighted by Crippen LogP contribution is 2.44. The minimum atomic E-state index is -4.58. The van der Waals surface area contributed by atoms with Crippen LogP contribution in [0.5, 0.6) is 0 Å². The second-order valence-corrected chi connectivity index (χ2v) is 30.8. The summed E-state index contributed by atoms with van der Waals surface area (Å²) >= 11 is 6.38. The summed E-state index contributed by atoms with van der Waals surface area (Å²) in [5.74, 6) is -15.3. The molecule has 0 aromatic rings. The number of piperidine rings is 1. The summed E-state index contributed by atoms with van der Waals surface area (Å²) in [5, 5.41) is 7.15. The third-order valence-corrected chi connectivity index (χ3v) is 22.3. The molecule has 2 saturated heterocycles. The highest BCUT2D eigenvalue weighted by Gasteiger charge is 2.51. The molecule has 3 unspecified atom stereocenters. The first-order valence-corrected chi connectivity index (χ1v) is 36.3. The van der Waals surface area contributed by atoms with Crippen molar-refractivity contribution in [3.63, 3.8) is 0 Å². The lowest BCUT2D eigenvalue weighted by Gasteiger charge is -2.41. The average Bonchev–Trinajstić information content (AvgIpc) is 1.45. The van der Waals surface area contributed by atoms with Gasteiger partial charge in [-0.15, -0.1) is 11.6 Å². The largest absolute Gasteiger partial charge is 0.393 e. The van der Waals surface area contributed by atoms with E-state index in [1.807, 2.05) is 20.8 Å². The van der Waals surface area contributed by atoms with Crippen LogP contribution >= 0.6 is 11.6 Å². The Balaban J connectivity index is 1.62. The number of nitrogens with one attached hydrogen (secondary N) is 3. The number of likely N-dealkylation sites (tertiary alicyclic amines) is 1. The fraction of sp³-hybridized carbons (Fsp3) is 0.829. The molecule has 0 aromatic heterocycles. The van der Waals surface area contributed by atoms with E-state index in [9.17, 15) is 65.1 Å². The van der Waals surface area contributed by atoms with Gasteiger partial charge in [0, 0.05) is 100 Å². The van der Waals surface area contributed by atoms with Crippen molar-refractivity contribution >= 4 is 82.5 Å². The Kier molecular flexibility index (Phi) is 30.9. The van der Waals surface area contributed by atoms with E-state index < -0.39 is 212 Å². The number of likely N-dealkylation sites (N-methyl/N-ethyl adjacent to an activating group) is 8. The maximum absolute atomic E-state index is 15.4. The van der Waals surface area contributed by atoms with Gasteiger partial charge in [-0.3, -0.25) is 57.5 Å². The number of hydrogen-bond acceptors (Lipinski definition) is 12. The smallest absolute Gasteiger partial charge is 0.343 e. The summed E-state index contributed by atoms with van der Waals surface area (Å²) in [6.45, 7) is 9.78. The number of halogens is 6. The third-order valence-electron chi connectivity index (χ3n) is 21.8. The van der Waals surface area contributed by atoms with Crippen LogP contribution in [0.1, 0.15) is 183 Å².